The van der Waals surface area contributed by atoms with Crippen LogP contribution < -0.4 is 5.32 Å². The van der Waals surface area contributed by atoms with Crippen LogP contribution >= 0.6 is 0 Å². The number of ketones is 1. The highest BCUT2D eigenvalue weighted by Crippen LogP contribution is 2.66. The molecule has 9 atom stereocenters. The molecule has 0 bridgehead atoms. The number of esters is 1. The van der Waals surface area contributed by atoms with Crippen molar-refractivity contribution in [3.8, 4) is 0 Å². The van der Waals surface area contributed by atoms with Crippen molar-refractivity contribution in [2.45, 2.75) is 77.4 Å². The van der Waals surface area contributed by atoms with Crippen molar-refractivity contribution < 1.29 is 29.4 Å². The zero-order chi connectivity index (χ0) is 24.1. The molecule has 0 spiro atoms. The highest BCUT2D eigenvalue weighted by Gasteiger charge is 2.66. The molecule has 1 heterocycles. The van der Waals surface area contributed by atoms with E-state index >= 15 is 0 Å². The van der Waals surface area contributed by atoms with Crippen molar-refractivity contribution in [2.24, 2.45) is 45.6 Å². The lowest BCUT2D eigenvalue weighted by atomic mass is 9.42. The van der Waals surface area contributed by atoms with Crippen LogP contribution in [-0.2, 0) is 19.2 Å². The van der Waals surface area contributed by atoms with E-state index in [2.05, 4.69) is 17.4 Å². The number of carbonyl (C=O) groups is 2. The molecule has 0 amide bonds. The van der Waals surface area contributed by atoms with Crippen molar-refractivity contribution in [1.82, 2.24) is 5.32 Å². The molecule has 8 heteroatoms. The fourth-order valence-corrected chi connectivity index (χ4v) is 8.51. The van der Waals surface area contributed by atoms with Gasteiger partial charge in [0.1, 0.15) is 11.9 Å². The van der Waals surface area contributed by atoms with Crippen LogP contribution in [-0.4, -0.2) is 66.2 Å². The van der Waals surface area contributed by atoms with Gasteiger partial charge in [0.25, 0.3) is 0 Å². The van der Waals surface area contributed by atoms with Gasteiger partial charge in [0.15, 0.2) is 0 Å². The van der Waals surface area contributed by atoms with Gasteiger partial charge in [0.2, 0.25) is 0 Å². The van der Waals surface area contributed by atoms with E-state index in [-0.39, 0.29) is 59.1 Å². The Morgan fingerprint density at radius 1 is 1.18 bits per heavy atom. The molecule has 0 aromatic carbocycles. The summed E-state index contributed by atoms with van der Waals surface area (Å²) in [7, 11) is 0. The number of oxime groups is 1. The average Bonchev–Trinajstić information content (AvgIpc) is 3.44. The number of carbonyl (C=O) groups excluding carboxylic acids is 2. The fraction of sp³-hybridized carbons (Fsp3) is 0.885. The molecule has 1 saturated heterocycles. The Morgan fingerprint density at radius 2 is 2.00 bits per heavy atom. The van der Waals surface area contributed by atoms with Crippen LogP contribution in [0.3, 0.4) is 0 Å². The van der Waals surface area contributed by atoms with Crippen molar-refractivity contribution >= 4 is 17.5 Å². The molecule has 190 valence electrons. The van der Waals surface area contributed by atoms with Gasteiger partial charge in [-0.2, -0.15) is 0 Å². The van der Waals surface area contributed by atoms with Crippen LogP contribution in [0.25, 0.3) is 0 Å². The summed E-state index contributed by atoms with van der Waals surface area (Å²) in [6.07, 6.45) is 5.57. The number of nitrogens with one attached hydrogen (secondary N) is 1. The third-order valence-electron chi connectivity index (χ3n) is 10.3. The number of nitrogens with zero attached hydrogens (tertiary/aromatic N) is 1. The number of hydrogen-bond acceptors (Lipinski definition) is 8. The maximum Gasteiger partial charge on any atom is 0.302 e. The second-order valence-electron chi connectivity index (χ2n) is 11.7. The highest BCUT2D eigenvalue weighted by atomic mass is 16.6. The van der Waals surface area contributed by atoms with E-state index in [1.54, 1.807) is 0 Å². The number of rotatable bonds is 5. The number of hydrogen-bond donors (Lipinski definition) is 3. The summed E-state index contributed by atoms with van der Waals surface area (Å²) in [5.74, 6) is -0.165. The van der Waals surface area contributed by atoms with Gasteiger partial charge in [-0.1, -0.05) is 12.1 Å². The van der Waals surface area contributed by atoms with Crippen molar-refractivity contribution in [1.29, 1.82) is 0 Å². The highest BCUT2D eigenvalue weighted by molar-refractivity contribution is 5.87. The Labute approximate surface area is 201 Å². The molecule has 4 aliphatic carbocycles. The standard InChI is InChI=1S/C26H40N2O6/c1-15(30)33-14-26-9-5-16(28-34-17-7-10-27-12-17)11-21(26)18(13-29)24(32)23-19-3-4-22(31)25(19,2)8-6-20(23)26/h17-21,23-24,27,29,32H,3-14H2,1-2H3. The predicted octanol–water partition coefficient (Wildman–Crippen LogP) is 2.07. The molecule has 0 aromatic rings. The maximum atomic E-state index is 12.8. The second-order valence-corrected chi connectivity index (χ2v) is 11.7. The molecule has 5 rings (SSSR count). The number of Topliss-reactive ketones (excluding diaryl/α,β-unsaturated/α-hetero) is 1. The molecular weight excluding hydrogens is 436 g/mol. The Hall–Kier alpha value is -1.51. The molecule has 1 aliphatic heterocycles. The molecule has 0 radical (unpaired) electrons. The van der Waals surface area contributed by atoms with Crippen molar-refractivity contribution in [3.05, 3.63) is 0 Å². The van der Waals surface area contributed by atoms with Crippen LogP contribution in [0.15, 0.2) is 5.16 Å². The summed E-state index contributed by atoms with van der Waals surface area (Å²) in [5, 5.41) is 30.0. The quantitative estimate of drug-likeness (QED) is 0.411. The first-order chi connectivity index (χ1) is 16.3. The van der Waals surface area contributed by atoms with Gasteiger partial charge in [0, 0.05) is 49.7 Å². The Kier molecular flexibility index (Phi) is 6.53. The minimum Gasteiger partial charge on any atom is -0.465 e. The van der Waals surface area contributed by atoms with E-state index in [1.165, 1.54) is 6.92 Å². The summed E-state index contributed by atoms with van der Waals surface area (Å²) >= 11 is 0. The summed E-state index contributed by atoms with van der Waals surface area (Å²) in [6, 6.07) is 0. The van der Waals surface area contributed by atoms with Gasteiger partial charge in [-0.15, -0.1) is 0 Å². The van der Waals surface area contributed by atoms with E-state index < -0.39 is 6.10 Å². The lowest BCUT2D eigenvalue weighted by Crippen LogP contribution is -2.64. The largest absolute Gasteiger partial charge is 0.465 e. The van der Waals surface area contributed by atoms with E-state index in [0.717, 1.165) is 57.3 Å². The monoisotopic (exact) mass is 476 g/mol. The van der Waals surface area contributed by atoms with Crippen LogP contribution in [0.4, 0.5) is 0 Å². The SMILES string of the molecule is CC(=O)OCC12CCC(=NOC3CCNC3)CC1C(CO)C(O)C1C3CCC(=O)C3(C)CCC12. The molecule has 4 saturated carbocycles. The summed E-state index contributed by atoms with van der Waals surface area (Å²) in [6.45, 7) is 5.43. The first kappa shape index (κ1) is 24.2. The lowest BCUT2D eigenvalue weighted by molar-refractivity contribution is -0.210. The zero-order valence-electron chi connectivity index (χ0n) is 20.5. The Balaban J connectivity index is 1.48. The average molecular weight is 477 g/mol. The van der Waals surface area contributed by atoms with Crippen LogP contribution in [0, 0.1) is 40.4 Å². The predicted molar refractivity (Wildman–Crippen MR) is 125 cm³/mol. The van der Waals surface area contributed by atoms with Gasteiger partial charge in [-0.3, -0.25) is 9.59 Å². The molecule has 5 fully saturated rings. The van der Waals surface area contributed by atoms with E-state index in [0.29, 0.717) is 25.2 Å². The number of aliphatic hydroxyl groups is 2. The van der Waals surface area contributed by atoms with Gasteiger partial charge < -0.3 is 25.1 Å². The molecule has 5 aliphatic rings. The fourth-order valence-electron chi connectivity index (χ4n) is 8.51. The molecule has 9 unspecified atom stereocenters. The van der Waals surface area contributed by atoms with Crippen LogP contribution in [0.1, 0.15) is 65.2 Å². The second kappa shape index (κ2) is 9.17. The summed E-state index contributed by atoms with van der Waals surface area (Å²) in [5.41, 5.74) is 0.252. The Bertz CT molecular complexity index is 841. The first-order valence-corrected chi connectivity index (χ1v) is 13.2. The minimum absolute atomic E-state index is 0.0487. The maximum absolute atomic E-state index is 12.8. The topological polar surface area (TPSA) is 117 Å². The molecular formula is C26H40N2O6. The third-order valence-corrected chi connectivity index (χ3v) is 10.3. The minimum atomic E-state index is -0.680. The van der Waals surface area contributed by atoms with E-state index in [4.69, 9.17) is 9.57 Å². The van der Waals surface area contributed by atoms with Gasteiger partial charge in [-0.05, 0) is 68.7 Å². The number of fused-ring (bicyclic) bond motifs is 5. The van der Waals surface area contributed by atoms with Crippen molar-refractivity contribution in [3.63, 3.8) is 0 Å². The third kappa shape index (κ3) is 3.80. The van der Waals surface area contributed by atoms with Crippen LogP contribution in [0.2, 0.25) is 0 Å². The van der Waals surface area contributed by atoms with E-state index in [9.17, 15) is 19.8 Å². The normalized spacial score (nSPS) is 47.1. The smallest absolute Gasteiger partial charge is 0.302 e. The lowest BCUT2D eigenvalue weighted by Gasteiger charge is -2.63. The van der Waals surface area contributed by atoms with Crippen molar-refractivity contribution in [2.75, 3.05) is 26.3 Å². The first-order valence-electron chi connectivity index (χ1n) is 13.2. The number of aliphatic hydroxyl groups excluding tert-OH is 2. The summed E-state index contributed by atoms with van der Waals surface area (Å²) in [4.78, 5) is 30.6. The molecule has 8 nitrogen and oxygen atoms in total. The Morgan fingerprint density at radius 3 is 2.71 bits per heavy atom. The number of ether oxygens (including phenoxy) is 1. The van der Waals surface area contributed by atoms with Gasteiger partial charge in [-0.25, -0.2) is 0 Å². The molecule has 34 heavy (non-hydrogen) atoms. The summed E-state index contributed by atoms with van der Waals surface area (Å²) < 4.78 is 5.70. The van der Waals surface area contributed by atoms with Gasteiger partial charge in [0.05, 0.1) is 18.4 Å². The van der Waals surface area contributed by atoms with Crippen LogP contribution in [0.5, 0.6) is 0 Å². The molecule has 0 aromatic heterocycles. The molecule has 3 N–H and O–H groups in total. The van der Waals surface area contributed by atoms with Gasteiger partial charge >= 0.3 is 5.97 Å². The zero-order valence-corrected chi connectivity index (χ0v) is 20.5. The van der Waals surface area contributed by atoms with E-state index in [1.807, 2.05) is 0 Å².